The lowest BCUT2D eigenvalue weighted by Gasteiger charge is -1.92. The van der Waals surface area contributed by atoms with Crippen LogP contribution in [-0.2, 0) is 0 Å². The molecule has 0 aromatic heterocycles. The first-order chi connectivity index (χ1) is 6.65. The minimum Gasteiger partial charge on any atom is -0.411 e. The predicted molar refractivity (Wildman–Crippen MR) is 47.2 cm³/mol. The fraction of sp³-hybridized carbons (Fsp3) is 0.125. The molecule has 6 heteroatoms. The first-order valence-corrected chi connectivity index (χ1v) is 3.74. The van der Waals surface area contributed by atoms with Gasteiger partial charge in [-0.25, -0.2) is 0 Å². The molecule has 74 valence electrons. The Hall–Kier alpha value is -1.98. The van der Waals surface area contributed by atoms with Crippen molar-refractivity contribution in [1.82, 2.24) is 0 Å². The van der Waals surface area contributed by atoms with E-state index in [0.717, 1.165) is 12.3 Å². The van der Waals surface area contributed by atoms with Crippen molar-refractivity contribution in [3.63, 3.8) is 0 Å². The number of nitro groups is 1. The molecule has 14 heavy (non-hydrogen) atoms. The Morgan fingerprint density at radius 2 is 2.36 bits per heavy atom. The van der Waals surface area contributed by atoms with Gasteiger partial charge in [-0.1, -0.05) is 17.3 Å². The molecule has 0 saturated carbocycles. The summed E-state index contributed by atoms with van der Waals surface area (Å²) in [7, 11) is 0. The van der Waals surface area contributed by atoms with Crippen molar-refractivity contribution >= 4 is 6.21 Å². The second kappa shape index (κ2) is 4.31. The maximum absolute atomic E-state index is 13.0. The molecule has 1 rings (SSSR count). The molecule has 0 aromatic carbocycles. The Kier molecular flexibility index (Phi) is 3.11. The quantitative estimate of drug-likeness (QED) is 0.318. The molecule has 0 fully saturated rings. The normalized spacial score (nSPS) is 17.1. The van der Waals surface area contributed by atoms with Crippen molar-refractivity contribution in [3.8, 4) is 0 Å². The summed E-state index contributed by atoms with van der Waals surface area (Å²) < 4.78 is 13.0. The predicted octanol–water partition coefficient (Wildman–Crippen LogP) is 1.79. The molecule has 5 nitrogen and oxygen atoms in total. The van der Waals surface area contributed by atoms with Gasteiger partial charge in [-0.05, 0) is 11.6 Å². The molecule has 0 atom stereocenters. The van der Waals surface area contributed by atoms with Crippen molar-refractivity contribution in [3.05, 3.63) is 45.4 Å². The third-order valence-corrected chi connectivity index (χ3v) is 1.66. The van der Waals surface area contributed by atoms with E-state index in [1.54, 1.807) is 0 Å². The largest absolute Gasteiger partial charge is 0.411 e. The lowest BCUT2D eigenvalue weighted by Crippen LogP contribution is -1.98. The highest BCUT2D eigenvalue weighted by atomic mass is 19.1. The fourth-order valence-corrected chi connectivity index (χ4v) is 0.970. The molecule has 1 aliphatic rings. The van der Waals surface area contributed by atoms with Crippen LogP contribution in [0, 0.1) is 10.1 Å². The average Bonchev–Trinajstić information content (AvgIpc) is 2.29. The Morgan fingerprint density at radius 3 is 2.93 bits per heavy atom. The molecule has 0 radical (unpaired) electrons. The monoisotopic (exact) mass is 198 g/mol. The smallest absolute Gasteiger partial charge is 0.285 e. The van der Waals surface area contributed by atoms with Crippen LogP contribution in [0.4, 0.5) is 4.39 Å². The van der Waals surface area contributed by atoms with E-state index in [-0.39, 0.29) is 6.42 Å². The van der Waals surface area contributed by atoms with E-state index >= 15 is 0 Å². The van der Waals surface area contributed by atoms with E-state index in [0.29, 0.717) is 5.57 Å². The molecule has 0 bridgehead atoms. The highest BCUT2D eigenvalue weighted by Gasteiger charge is 2.17. The molecule has 1 aliphatic carbocycles. The Balaban J connectivity index is 2.96. The minimum atomic E-state index is -0.882. The summed E-state index contributed by atoms with van der Waals surface area (Å²) in [5.41, 5.74) is -0.0814. The molecule has 1 N–H and O–H groups in total. The second-order valence-corrected chi connectivity index (χ2v) is 2.54. The van der Waals surface area contributed by atoms with Gasteiger partial charge < -0.3 is 5.21 Å². The number of hydrogen-bond acceptors (Lipinski definition) is 4. The molecule has 0 saturated heterocycles. The lowest BCUT2D eigenvalue weighted by molar-refractivity contribution is -0.428. The zero-order chi connectivity index (χ0) is 10.6. The Morgan fingerprint density at radius 1 is 1.64 bits per heavy atom. The van der Waals surface area contributed by atoms with Crippen LogP contribution in [0.2, 0.25) is 0 Å². The molecule has 0 amide bonds. The van der Waals surface area contributed by atoms with E-state index in [9.17, 15) is 14.5 Å². The molecule has 0 aromatic rings. The maximum atomic E-state index is 13.0. The van der Waals surface area contributed by atoms with Crippen LogP contribution < -0.4 is 0 Å². The number of oxime groups is 1. The standard InChI is InChI=1S/C8H7FN2O3/c9-7-3-1-6(5-10-12)2-4-8(7)11(13)14/h1-3,5,12H,4H2/b10-5-. The first-order valence-electron chi connectivity index (χ1n) is 3.74. The van der Waals surface area contributed by atoms with Crippen molar-refractivity contribution in [1.29, 1.82) is 0 Å². The molecular weight excluding hydrogens is 191 g/mol. The van der Waals surface area contributed by atoms with Crippen LogP contribution in [0.5, 0.6) is 0 Å². The van der Waals surface area contributed by atoms with Gasteiger partial charge in [-0.3, -0.25) is 10.1 Å². The van der Waals surface area contributed by atoms with E-state index in [4.69, 9.17) is 5.21 Å². The second-order valence-electron chi connectivity index (χ2n) is 2.54. The van der Waals surface area contributed by atoms with Crippen molar-refractivity contribution in [2.75, 3.05) is 0 Å². The van der Waals surface area contributed by atoms with Gasteiger partial charge in [0.1, 0.15) is 0 Å². The summed E-state index contributed by atoms with van der Waals surface area (Å²) in [6.45, 7) is 0. The topological polar surface area (TPSA) is 75.7 Å². The molecule has 0 spiro atoms. The number of allylic oxidation sites excluding steroid dienone is 5. The van der Waals surface area contributed by atoms with Crippen LogP contribution in [0.25, 0.3) is 0 Å². The van der Waals surface area contributed by atoms with Gasteiger partial charge in [0.2, 0.25) is 0 Å². The molecular formula is C8H7FN2O3. The zero-order valence-corrected chi connectivity index (χ0v) is 7.05. The fourth-order valence-electron chi connectivity index (χ4n) is 0.970. The van der Waals surface area contributed by atoms with E-state index in [2.05, 4.69) is 5.16 Å². The summed E-state index contributed by atoms with van der Waals surface area (Å²) in [6, 6.07) is 0. The third-order valence-electron chi connectivity index (χ3n) is 1.66. The van der Waals surface area contributed by atoms with Crippen LogP contribution in [0.15, 0.2) is 40.5 Å². The van der Waals surface area contributed by atoms with Crippen molar-refractivity contribution < 1.29 is 14.5 Å². The molecule has 0 heterocycles. The van der Waals surface area contributed by atoms with Gasteiger partial charge in [0.05, 0.1) is 17.6 Å². The van der Waals surface area contributed by atoms with Gasteiger partial charge in [0, 0.05) is 0 Å². The summed E-state index contributed by atoms with van der Waals surface area (Å²) in [5.74, 6) is -0.882. The van der Waals surface area contributed by atoms with E-state index in [1.165, 1.54) is 12.2 Å². The van der Waals surface area contributed by atoms with Crippen molar-refractivity contribution in [2.45, 2.75) is 6.42 Å². The summed E-state index contributed by atoms with van der Waals surface area (Å²) in [5, 5.41) is 21.3. The van der Waals surface area contributed by atoms with Gasteiger partial charge in [0.15, 0.2) is 5.83 Å². The van der Waals surface area contributed by atoms with Crippen LogP contribution >= 0.6 is 0 Å². The van der Waals surface area contributed by atoms with Crippen LogP contribution in [-0.4, -0.2) is 16.3 Å². The van der Waals surface area contributed by atoms with Crippen LogP contribution in [0.3, 0.4) is 0 Å². The third kappa shape index (κ3) is 2.25. The van der Waals surface area contributed by atoms with Gasteiger partial charge >= 0.3 is 0 Å². The first kappa shape index (κ1) is 10.1. The van der Waals surface area contributed by atoms with E-state index in [1.807, 2.05) is 0 Å². The lowest BCUT2D eigenvalue weighted by atomic mass is 10.2. The number of nitrogens with zero attached hydrogens (tertiary/aromatic N) is 2. The van der Waals surface area contributed by atoms with Crippen LogP contribution in [0.1, 0.15) is 6.42 Å². The molecule has 0 aliphatic heterocycles. The van der Waals surface area contributed by atoms with Gasteiger partial charge in [-0.2, -0.15) is 4.39 Å². The number of hydrogen-bond donors (Lipinski definition) is 1. The SMILES string of the molecule is O=[N+]([O-])C1=C(F)C=CC(/C=N\O)=CC1. The van der Waals surface area contributed by atoms with Gasteiger partial charge in [0.25, 0.3) is 5.70 Å². The molecule has 0 unspecified atom stereocenters. The zero-order valence-electron chi connectivity index (χ0n) is 7.05. The number of halogens is 1. The van der Waals surface area contributed by atoms with E-state index < -0.39 is 16.4 Å². The van der Waals surface area contributed by atoms with Crippen molar-refractivity contribution in [2.24, 2.45) is 5.16 Å². The highest BCUT2D eigenvalue weighted by molar-refractivity contribution is 5.82. The Labute approximate surface area is 78.7 Å². The summed E-state index contributed by atoms with van der Waals surface area (Å²) >= 11 is 0. The Bertz CT molecular complexity index is 369. The summed E-state index contributed by atoms with van der Waals surface area (Å²) in [4.78, 5) is 9.57. The van der Waals surface area contributed by atoms with Gasteiger partial charge in [-0.15, -0.1) is 0 Å². The minimum absolute atomic E-state index is 0.132. The number of rotatable bonds is 2. The average molecular weight is 198 g/mol. The maximum Gasteiger partial charge on any atom is 0.285 e. The highest BCUT2D eigenvalue weighted by Crippen LogP contribution is 2.18. The summed E-state index contributed by atoms with van der Waals surface area (Å²) in [6.07, 6.45) is 4.62.